The van der Waals surface area contributed by atoms with E-state index in [1.165, 1.54) is 19.2 Å². The molecule has 0 aromatic heterocycles. The van der Waals surface area contributed by atoms with E-state index in [0.717, 1.165) is 18.1 Å². The van der Waals surface area contributed by atoms with E-state index < -0.39 is 16.6 Å². The Bertz CT molecular complexity index is 798. The number of nitrogens with zero attached hydrogens (tertiary/aromatic N) is 1. The minimum atomic E-state index is -0.693. The van der Waals surface area contributed by atoms with Gasteiger partial charge in [0.25, 0.3) is 0 Å². The molecule has 0 saturated carbocycles. The van der Waals surface area contributed by atoms with Gasteiger partial charge >= 0.3 is 11.7 Å². The number of Topliss-reactive ketones (excluding diaryl/α,β-unsaturated/α-hetero) is 1. The Labute approximate surface area is 144 Å². The summed E-state index contributed by atoms with van der Waals surface area (Å²) in [6, 6.07) is 10.8. The van der Waals surface area contributed by atoms with Crippen LogP contribution >= 0.6 is 0 Å². The van der Waals surface area contributed by atoms with Crippen molar-refractivity contribution in [2.24, 2.45) is 0 Å². The van der Waals surface area contributed by atoms with E-state index in [0.29, 0.717) is 5.56 Å². The molecule has 0 radical (unpaired) electrons. The van der Waals surface area contributed by atoms with Crippen molar-refractivity contribution in [1.82, 2.24) is 0 Å². The molecule has 0 spiro atoms. The predicted molar refractivity (Wildman–Crippen MR) is 90.1 cm³/mol. The number of ketones is 1. The van der Waals surface area contributed by atoms with Crippen LogP contribution in [-0.2, 0) is 11.2 Å². The highest BCUT2D eigenvalue weighted by atomic mass is 16.6. The Kier molecular flexibility index (Phi) is 5.84. The molecule has 7 nitrogen and oxygen atoms in total. The van der Waals surface area contributed by atoms with Gasteiger partial charge in [-0.05, 0) is 24.1 Å². The first kappa shape index (κ1) is 18.1. The van der Waals surface area contributed by atoms with Gasteiger partial charge in [0, 0.05) is 11.6 Å². The van der Waals surface area contributed by atoms with Gasteiger partial charge < -0.3 is 9.47 Å². The number of ether oxygens (including phenoxy) is 2. The minimum absolute atomic E-state index is 0.0306. The molecule has 0 heterocycles. The molecule has 0 aliphatic carbocycles. The molecule has 0 aliphatic heterocycles. The predicted octanol–water partition coefficient (Wildman–Crippen LogP) is 3.21. The summed E-state index contributed by atoms with van der Waals surface area (Å²) in [6.45, 7) is 1.67. The van der Waals surface area contributed by atoms with Gasteiger partial charge in [-0.1, -0.05) is 31.2 Å². The molecule has 2 aromatic rings. The first-order valence-corrected chi connectivity index (χ1v) is 7.58. The van der Waals surface area contributed by atoms with Crippen molar-refractivity contribution in [2.45, 2.75) is 13.3 Å². The average Bonchev–Trinajstić information content (AvgIpc) is 2.65. The number of hydrogen-bond acceptors (Lipinski definition) is 6. The molecule has 0 bridgehead atoms. The summed E-state index contributed by atoms with van der Waals surface area (Å²) in [7, 11) is 1.18. The molecule has 7 heteroatoms. The molecule has 0 amide bonds. The number of nitro groups is 1. The normalized spacial score (nSPS) is 10.2. The van der Waals surface area contributed by atoms with Crippen molar-refractivity contribution >= 4 is 17.4 Å². The highest BCUT2D eigenvalue weighted by Crippen LogP contribution is 2.28. The molecule has 0 aliphatic rings. The van der Waals surface area contributed by atoms with Crippen LogP contribution in [0.1, 0.15) is 33.2 Å². The molecular formula is C18H17NO6. The first-order valence-electron chi connectivity index (χ1n) is 7.58. The van der Waals surface area contributed by atoms with Crippen LogP contribution in [0.2, 0.25) is 0 Å². The fourth-order valence-electron chi connectivity index (χ4n) is 2.18. The van der Waals surface area contributed by atoms with Crippen LogP contribution in [0, 0.1) is 10.1 Å². The smallest absolute Gasteiger partial charge is 0.338 e. The quantitative estimate of drug-likeness (QED) is 0.331. The summed E-state index contributed by atoms with van der Waals surface area (Å²) in [6.07, 6.45) is 0.865. The molecule has 0 unspecified atom stereocenters. The summed E-state index contributed by atoms with van der Waals surface area (Å²) in [4.78, 5) is 34.1. The van der Waals surface area contributed by atoms with Gasteiger partial charge in [-0.2, -0.15) is 0 Å². The van der Waals surface area contributed by atoms with Crippen molar-refractivity contribution in [1.29, 1.82) is 0 Å². The van der Waals surface area contributed by atoms with E-state index in [4.69, 9.17) is 4.74 Å². The Balaban J connectivity index is 2.14. The number of nitro benzene ring substituents is 1. The Morgan fingerprint density at radius 1 is 1.08 bits per heavy atom. The van der Waals surface area contributed by atoms with E-state index >= 15 is 0 Å². The van der Waals surface area contributed by atoms with E-state index in [-0.39, 0.29) is 23.7 Å². The van der Waals surface area contributed by atoms with E-state index in [1.807, 2.05) is 19.1 Å². The molecule has 0 N–H and O–H groups in total. The van der Waals surface area contributed by atoms with Crippen molar-refractivity contribution in [2.75, 3.05) is 13.7 Å². The fourth-order valence-corrected chi connectivity index (χ4v) is 2.18. The molecule has 0 fully saturated rings. The summed E-state index contributed by atoms with van der Waals surface area (Å²) in [5.74, 6) is -1.08. The van der Waals surface area contributed by atoms with Gasteiger partial charge in [0.1, 0.15) is 0 Å². The molecule has 2 aromatic carbocycles. The van der Waals surface area contributed by atoms with Crippen LogP contribution in [0.4, 0.5) is 5.69 Å². The fraction of sp³-hybridized carbons (Fsp3) is 0.222. The van der Waals surface area contributed by atoms with Gasteiger partial charge in [-0.25, -0.2) is 4.79 Å². The lowest BCUT2D eigenvalue weighted by Gasteiger charge is -2.08. The number of hydrogen-bond donors (Lipinski definition) is 0. The van der Waals surface area contributed by atoms with Crippen LogP contribution in [0.15, 0.2) is 42.5 Å². The lowest BCUT2D eigenvalue weighted by molar-refractivity contribution is -0.385. The number of esters is 1. The van der Waals surface area contributed by atoms with Gasteiger partial charge in [0.05, 0.1) is 17.6 Å². The van der Waals surface area contributed by atoms with Crippen molar-refractivity contribution in [3.8, 4) is 5.75 Å². The number of aryl methyl sites for hydroxylation is 1. The van der Waals surface area contributed by atoms with E-state index in [9.17, 15) is 19.7 Å². The van der Waals surface area contributed by atoms with Crippen molar-refractivity contribution < 1.29 is 24.0 Å². The molecule has 0 saturated heterocycles. The lowest BCUT2D eigenvalue weighted by Crippen LogP contribution is -2.13. The second-order valence-electron chi connectivity index (χ2n) is 5.19. The zero-order valence-corrected chi connectivity index (χ0v) is 13.9. The minimum Gasteiger partial charge on any atom is -0.478 e. The van der Waals surface area contributed by atoms with Gasteiger partial charge in [-0.15, -0.1) is 0 Å². The average molecular weight is 343 g/mol. The first-order chi connectivity index (χ1) is 12.0. The van der Waals surface area contributed by atoms with E-state index in [1.54, 1.807) is 12.1 Å². The zero-order chi connectivity index (χ0) is 18.4. The van der Waals surface area contributed by atoms with Crippen molar-refractivity contribution in [3.63, 3.8) is 0 Å². The number of rotatable bonds is 7. The summed E-state index contributed by atoms with van der Waals surface area (Å²) in [5.41, 5.74) is 1.19. The van der Waals surface area contributed by atoms with Crippen LogP contribution in [0.25, 0.3) is 0 Å². The number of carbonyl (C=O) groups excluding carboxylic acids is 2. The number of benzene rings is 2. The van der Waals surface area contributed by atoms with Crippen LogP contribution in [-0.4, -0.2) is 30.4 Å². The summed E-state index contributed by atoms with van der Waals surface area (Å²) < 4.78 is 9.83. The zero-order valence-electron chi connectivity index (χ0n) is 13.9. The van der Waals surface area contributed by atoms with Gasteiger partial charge in [0.2, 0.25) is 0 Å². The maximum Gasteiger partial charge on any atom is 0.338 e. The SMILES string of the molecule is CCc1ccc(C(=O)COc2ccc(C(=O)OC)cc2[N+](=O)[O-])cc1. The third-order valence-electron chi connectivity index (χ3n) is 3.62. The summed E-state index contributed by atoms with van der Waals surface area (Å²) in [5, 5.41) is 11.2. The third-order valence-corrected chi connectivity index (χ3v) is 3.62. The highest BCUT2D eigenvalue weighted by molar-refractivity contribution is 5.97. The van der Waals surface area contributed by atoms with Gasteiger partial charge in [-0.3, -0.25) is 14.9 Å². The largest absolute Gasteiger partial charge is 0.478 e. The lowest BCUT2D eigenvalue weighted by atomic mass is 10.1. The standard InChI is InChI=1S/C18H17NO6/c1-3-12-4-6-13(7-5-12)16(20)11-25-17-9-8-14(18(21)24-2)10-15(17)19(22)23/h4-10H,3,11H2,1-2H3. The van der Waals surface area contributed by atoms with Crippen LogP contribution in [0.5, 0.6) is 5.75 Å². The second-order valence-corrected chi connectivity index (χ2v) is 5.19. The maximum absolute atomic E-state index is 12.2. The molecule has 25 heavy (non-hydrogen) atoms. The molecule has 130 valence electrons. The highest BCUT2D eigenvalue weighted by Gasteiger charge is 2.20. The van der Waals surface area contributed by atoms with Crippen LogP contribution < -0.4 is 4.74 Å². The Morgan fingerprint density at radius 3 is 2.28 bits per heavy atom. The van der Waals surface area contributed by atoms with Crippen molar-refractivity contribution in [3.05, 3.63) is 69.3 Å². The molecular weight excluding hydrogens is 326 g/mol. The number of carbonyl (C=O) groups is 2. The van der Waals surface area contributed by atoms with Crippen LogP contribution in [0.3, 0.4) is 0 Å². The topological polar surface area (TPSA) is 95.7 Å². The Hall–Kier alpha value is -3.22. The monoisotopic (exact) mass is 343 g/mol. The molecule has 2 rings (SSSR count). The maximum atomic E-state index is 12.2. The second kappa shape index (κ2) is 8.05. The van der Waals surface area contributed by atoms with E-state index in [2.05, 4.69) is 4.74 Å². The number of methoxy groups -OCH3 is 1. The summed E-state index contributed by atoms with van der Waals surface area (Å²) >= 11 is 0. The third kappa shape index (κ3) is 4.41. The Morgan fingerprint density at radius 2 is 1.72 bits per heavy atom. The molecule has 0 atom stereocenters. The van der Waals surface area contributed by atoms with Gasteiger partial charge in [0.15, 0.2) is 18.1 Å².